The van der Waals surface area contributed by atoms with Gasteiger partial charge in [-0.1, -0.05) is 0 Å². The van der Waals surface area contributed by atoms with Crippen molar-refractivity contribution in [1.82, 2.24) is 0 Å². The van der Waals surface area contributed by atoms with Gasteiger partial charge in [0.2, 0.25) is 0 Å². The molecule has 104 valence electrons. The zero-order chi connectivity index (χ0) is 13.9. The van der Waals surface area contributed by atoms with Crippen LogP contribution in [0.5, 0.6) is 0 Å². The largest absolute Gasteiger partial charge is 0.385 e. The van der Waals surface area contributed by atoms with Gasteiger partial charge in [-0.3, -0.25) is 10.1 Å². The van der Waals surface area contributed by atoms with Crippen molar-refractivity contribution < 1.29 is 9.66 Å². The van der Waals surface area contributed by atoms with E-state index >= 15 is 0 Å². The molecule has 1 fully saturated rings. The Kier molecular flexibility index (Phi) is 3.90. The molecule has 1 saturated heterocycles. The molecule has 1 unspecified atom stereocenters. The molecule has 0 radical (unpaired) electrons. The van der Waals surface area contributed by atoms with Crippen molar-refractivity contribution in [2.45, 2.75) is 25.8 Å². The van der Waals surface area contributed by atoms with Crippen LogP contribution < -0.4 is 10.6 Å². The Labute approximate surface area is 112 Å². The predicted octanol–water partition coefficient (Wildman–Crippen LogP) is 2.62. The number of nitro groups is 1. The molecular formula is C13H19N3O3. The maximum absolute atomic E-state index is 11.0. The summed E-state index contributed by atoms with van der Waals surface area (Å²) >= 11 is 0. The molecule has 1 aliphatic heterocycles. The van der Waals surface area contributed by atoms with Gasteiger partial charge in [0.05, 0.1) is 17.1 Å². The van der Waals surface area contributed by atoms with Gasteiger partial charge in [0.15, 0.2) is 0 Å². The fraction of sp³-hybridized carbons (Fsp3) is 0.538. The van der Waals surface area contributed by atoms with E-state index in [0.29, 0.717) is 6.61 Å². The molecule has 2 N–H and O–H groups in total. The van der Waals surface area contributed by atoms with E-state index in [1.54, 1.807) is 12.1 Å². The van der Waals surface area contributed by atoms with Crippen LogP contribution in [0.25, 0.3) is 0 Å². The highest BCUT2D eigenvalue weighted by Gasteiger charge is 2.29. The number of hydrogen-bond donors (Lipinski definition) is 2. The topological polar surface area (TPSA) is 76.4 Å². The molecule has 1 aliphatic rings. The third-order valence-corrected chi connectivity index (χ3v) is 3.17. The van der Waals surface area contributed by atoms with Crippen LogP contribution in [0.2, 0.25) is 0 Å². The van der Waals surface area contributed by atoms with Crippen LogP contribution in [0.15, 0.2) is 18.2 Å². The summed E-state index contributed by atoms with van der Waals surface area (Å²) in [5, 5.41) is 17.4. The number of nitrogens with zero attached hydrogens (tertiary/aromatic N) is 1. The summed E-state index contributed by atoms with van der Waals surface area (Å²) in [6, 6.07) is 4.99. The second kappa shape index (κ2) is 5.44. The molecule has 2 rings (SSSR count). The highest BCUT2D eigenvalue weighted by molar-refractivity contribution is 5.64. The molecule has 1 aromatic rings. The van der Waals surface area contributed by atoms with Gasteiger partial charge in [-0.25, -0.2) is 0 Å². The fourth-order valence-corrected chi connectivity index (χ4v) is 2.21. The molecule has 0 saturated carbocycles. The molecule has 0 amide bonds. The number of ether oxygens (including phenoxy) is 1. The quantitative estimate of drug-likeness (QED) is 0.632. The van der Waals surface area contributed by atoms with Crippen LogP contribution in [0.3, 0.4) is 0 Å². The van der Waals surface area contributed by atoms with Crippen LogP contribution >= 0.6 is 0 Å². The molecule has 1 heterocycles. The van der Waals surface area contributed by atoms with Gasteiger partial charge >= 0.3 is 0 Å². The second-order valence-electron chi connectivity index (χ2n) is 5.04. The highest BCUT2D eigenvalue weighted by Crippen LogP contribution is 2.29. The van der Waals surface area contributed by atoms with Crippen molar-refractivity contribution in [1.29, 1.82) is 0 Å². The van der Waals surface area contributed by atoms with Crippen LogP contribution in [0, 0.1) is 10.1 Å². The normalized spacial score (nSPS) is 22.2. The first kappa shape index (κ1) is 13.6. The van der Waals surface area contributed by atoms with Gasteiger partial charge in [-0.15, -0.1) is 0 Å². The van der Waals surface area contributed by atoms with E-state index in [-0.39, 0.29) is 16.1 Å². The smallest absolute Gasteiger partial charge is 0.273 e. The van der Waals surface area contributed by atoms with Gasteiger partial charge in [0, 0.05) is 36.7 Å². The Morgan fingerprint density at radius 1 is 1.42 bits per heavy atom. The van der Waals surface area contributed by atoms with E-state index in [0.717, 1.165) is 30.9 Å². The Bertz CT molecular complexity index is 470. The van der Waals surface area contributed by atoms with E-state index in [1.807, 2.05) is 13.0 Å². The van der Waals surface area contributed by atoms with E-state index in [1.165, 1.54) is 0 Å². The summed E-state index contributed by atoms with van der Waals surface area (Å²) in [5.74, 6) is 0. The SMILES string of the molecule is CCNc1cc(NC2(C)CCOC2)cc([N+](=O)[O-])c1. The fourth-order valence-electron chi connectivity index (χ4n) is 2.21. The van der Waals surface area contributed by atoms with Crippen molar-refractivity contribution in [2.75, 3.05) is 30.4 Å². The van der Waals surface area contributed by atoms with Gasteiger partial charge in [0.25, 0.3) is 5.69 Å². The lowest BCUT2D eigenvalue weighted by atomic mass is 10.0. The molecule has 0 aliphatic carbocycles. The van der Waals surface area contributed by atoms with E-state index in [2.05, 4.69) is 17.6 Å². The van der Waals surface area contributed by atoms with E-state index < -0.39 is 0 Å². The summed E-state index contributed by atoms with van der Waals surface area (Å²) < 4.78 is 5.38. The lowest BCUT2D eigenvalue weighted by molar-refractivity contribution is -0.384. The van der Waals surface area contributed by atoms with Crippen molar-refractivity contribution in [3.63, 3.8) is 0 Å². The van der Waals surface area contributed by atoms with Crippen LogP contribution in [0.4, 0.5) is 17.1 Å². The lowest BCUT2D eigenvalue weighted by Gasteiger charge is -2.25. The van der Waals surface area contributed by atoms with Crippen molar-refractivity contribution in [2.24, 2.45) is 0 Å². The second-order valence-corrected chi connectivity index (χ2v) is 5.04. The Morgan fingerprint density at radius 2 is 2.16 bits per heavy atom. The number of rotatable bonds is 5. The Morgan fingerprint density at radius 3 is 2.74 bits per heavy atom. The van der Waals surface area contributed by atoms with Gasteiger partial charge in [-0.2, -0.15) is 0 Å². The standard InChI is InChI=1S/C13H19N3O3/c1-3-14-10-6-11(8-12(7-10)16(17)18)15-13(2)4-5-19-9-13/h6-8,14-15H,3-5,9H2,1-2H3. The average Bonchev–Trinajstić information content (AvgIpc) is 2.75. The summed E-state index contributed by atoms with van der Waals surface area (Å²) in [6.07, 6.45) is 0.895. The highest BCUT2D eigenvalue weighted by atomic mass is 16.6. The van der Waals surface area contributed by atoms with Gasteiger partial charge < -0.3 is 15.4 Å². The number of benzene rings is 1. The third-order valence-electron chi connectivity index (χ3n) is 3.17. The third kappa shape index (κ3) is 3.35. The predicted molar refractivity (Wildman–Crippen MR) is 74.7 cm³/mol. The minimum Gasteiger partial charge on any atom is -0.385 e. The molecule has 19 heavy (non-hydrogen) atoms. The van der Waals surface area contributed by atoms with Crippen molar-refractivity contribution >= 4 is 17.1 Å². The monoisotopic (exact) mass is 265 g/mol. The van der Waals surface area contributed by atoms with Gasteiger partial charge in [0.1, 0.15) is 0 Å². The summed E-state index contributed by atoms with van der Waals surface area (Å²) in [4.78, 5) is 10.6. The number of nitro benzene ring substituents is 1. The first-order valence-electron chi connectivity index (χ1n) is 6.42. The van der Waals surface area contributed by atoms with Crippen molar-refractivity contribution in [3.05, 3.63) is 28.3 Å². The molecule has 6 nitrogen and oxygen atoms in total. The first-order valence-corrected chi connectivity index (χ1v) is 6.42. The molecule has 6 heteroatoms. The maximum atomic E-state index is 11.0. The van der Waals surface area contributed by atoms with Crippen LogP contribution in [0.1, 0.15) is 20.3 Å². The zero-order valence-electron chi connectivity index (χ0n) is 11.2. The maximum Gasteiger partial charge on any atom is 0.273 e. The van der Waals surface area contributed by atoms with Crippen LogP contribution in [-0.4, -0.2) is 30.2 Å². The summed E-state index contributed by atoms with van der Waals surface area (Å²) in [5.41, 5.74) is 1.43. The van der Waals surface area contributed by atoms with Gasteiger partial charge in [-0.05, 0) is 26.3 Å². The number of anilines is 2. The lowest BCUT2D eigenvalue weighted by Crippen LogP contribution is -2.34. The van der Waals surface area contributed by atoms with E-state index in [9.17, 15) is 10.1 Å². The number of hydrogen-bond acceptors (Lipinski definition) is 5. The van der Waals surface area contributed by atoms with Crippen LogP contribution in [-0.2, 0) is 4.74 Å². The Hall–Kier alpha value is -1.82. The molecule has 0 spiro atoms. The van der Waals surface area contributed by atoms with Crippen molar-refractivity contribution in [3.8, 4) is 0 Å². The number of non-ortho nitro benzene ring substituents is 1. The molecule has 1 atom stereocenters. The van der Waals surface area contributed by atoms with E-state index in [4.69, 9.17) is 4.74 Å². The summed E-state index contributed by atoms with van der Waals surface area (Å²) in [7, 11) is 0. The number of nitrogens with one attached hydrogen (secondary N) is 2. The summed E-state index contributed by atoms with van der Waals surface area (Å²) in [6.45, 7) is 6.08. The first-order chi connectivity index (χ1) is 9.02. The minimum atomic E-state index is -0.375. The molecule has 0 aromatic heterocycles. The molecule has 0 bridgehead atoms. The molecule has 1 aromatic carbocycles. The Balaban J connectivity index is 2.25. The molecular weight excluding hydrogens is 246 g/mol. The zero-order valence-corrected chi connectivity index (χ0v) is 11.2. The minimum absolute atomic E-state index is 0.0865. The average molecular weight is 265 g/mol.